The standard InChI is InChI=1S/C12H16O5S/c1-3-6-11(12(13)14)18(15,16)10-8-5-4-7-9(10)17-2/h4-5,7-8,11H,3,6H2,1-2H3,(H,13,14). The number of carboxylic acids is 1. The molecule has 0 saturated heterocycles. The first-order valence-electron chi connectivity index (χ1n) is 5.54. The molecule has 0 heterocycles. The number of hydrogen-bond acceptors (Lipinski definition) is 4. The van der Waals surface area contributed by atoms with Gasteiger partial charge in [-0.25, -0.2) is 8.42 Å². The number of hydrogen-bond donors (Lipinski definition) is 1. The Morgan fingerprint density at radius 1 is 1.39 bits per heavy atom. The van der Waals surface area contributed by atoms with Gasteiger partial charge in [-0.05, 0) is 18.6 Å². The van der Waals surface area contributed by atoms with Crippen LogP contribution in [0.4, 0.5) is 0 Å². The first-order valence-corrected chi connectivity index (χ1v) is 7.09. The highest BCUT2D eigenvalue weighted by molar-refractivity contribution is 7.92. The van der Waals surface area contributed by atoms with E-state index in [1.165, 1.54) is 19.2 Å². The predicted octanol–water partition coefficient (Wildman–Crippen LogP) is 1.72. The molecule has 5 nitrogen and oxygen atoms in total. The van der Waals surface area contributed by atoms with Crippen LogP contribution in [0, 0.1) is 0 Å². The number of aliphatic carboxylic acids is 1. The van der Waals surface area contributed by atoms with Crippen LogP contribution in [0.3, 0.4) is 0 Å². The summed E-state index contributed by atoms with van der Waals surface area (Å²) in [6, 6.07) is 6.03. The number of ether oxygens (including phenoxy) is 1. The van der Waals surface area contributed by atoms with Crippen LogP contribution in [0.15, 0.2) is 29.2 Å². The van der Waals surface area contributed by atoms with Crippen molar-refractivity contribution in [2.75, 3.05) is 7.11 Å². The Hall–Kier alpha value is -1.56. The van der Waals surface area contributed by atoms with Gasteiger partial charge >= 0.3 is 5.97 Å². The van der Waals surface area contributed by atoms with Crippen LogP contribution in [-0.2, 0) is 14.6 Å². The number of carboxylic acid groups (broad SMARTS) is 1. The van der Waals surface area contributed by atoms with Crippen LogP contribution in [0.2, 0.25) is 0 Å². The summed E-state index contributed by atoms with van der Waals surface area (Å²) in [6.07, 6.45) is 0.557. The number of carbonyl (C=O) groups is 1. The zero-order valence-electron chi connectivity index (χ0n) is 10.3. The average molecular weight is 272 g/mol. The van der Waals surface area contributed by atoms with E-state index in [1.54, 1.807) is 19.1 Å². The van der Waals surface area contributed by atoms with Gasteiger partial charge in [0.1, 0.15) is 10.6 Å². The minimum Gasteiger partial charge on any atom is -0.495 e. The third-order valence-corrected chi connectivity index (χ3v) is 4.71. The minimum absolute atomic E-state index is 0.0756. The van der Waals surface area contributed by atoms with Gasteiger partial charge in [0.15, 0.2) is 15.1 Å². The Balaban J connectivity index is 3.31. The topological polar surface area (TPSA) is 80.7 Å². The number of methoxy groups -OCH3 is 1. The third kappa shape index (κ3) is 2.81. The lowest BCUT2D eigenvalue weighted by atomic mass is 10.2. The molecule has 0 saturated carbocycles. The molecule has 0 aliphatic rings. The van der Waals surface area contributed by atoms with Crippen LogP contribution < -0.4 is 4.74 Å². The summed E-state index contributed by atoms with van der Waals surface area (Å²) >= 11 is 0. The number of sulfone groups is 1. The van der Waals surface area contributed by atoms with Crippen LogP contribution >= 0.6 is 0 Å². The van der Waals surface area contributed by atoms with E-state index >= 15 is 0 Å². The molecule has 0 aliphatic heterocycles. The minimum atomic E-state index is -3.93. The number of benzene rings is 1. The van der Waals surface area contributed by atoms with Crippen molar-refractivity contribution in [2.24, 2.45) is 0 Å². The molecule has 1 aromatic rings. The van der Waals surface area contributed by atoms with Crippen LogP contribution in [0.25, 0.3) is 0 Å². The van der Waals surface area contributed by atoms with Crippen LogP contribution in [-0.4, -0.2) is 31.9 Å². The lowest BCUT2D eigenvalue weighted by Gasteiger charge is -2.14. The highest BCUT2D eigenvalue weighted by Crippen LogP contribution is 2.28. The highest BCUT2D eigenvalue weighted by Gasteiger charge is 2.34. The molecule has 0 spiro atoms. The first kappa shape index (κ1) is 14.5. The Bertz CT molecular complexity index is 521. The van der Waals surface area contributed by atoms with Gasteiger partial charge in [0.2, 0.25) is 0 Å². The number of rotatable bonds is 6. The van der Waals surface area contributed by atoms with E-state index in [1.807, 2.05) is 0 Å². The largest absolute Gasteiger partial charge is 0.495 e. The summed E-state index contributed by atoms with van der Waals surface area (Å²) in [5.74, 6) is -1.16. The normalized spacial score (nSPS) is 13.0. The number of para-hydroxylation sites is 1. The summed E-state index contributed by atoms with van der Waals surface area (Å²) in [7, 11) is -2.58. The van der Waals surface area contributed by atoms with Gasteiger partial charge in [-0.15, -0.1) is 0 Å². The van der Waals surface area contributed by atoms with Crippen molar-refractivity contribution in [2.45, 2.75) is 29.9 Å². The molecular formula is C12H16O5S. The zero-order chi connectivity index (χ0) is 13.8. The summed E-state index contributed by atoms with van der Waals surface area (Å²) in [6.45, 7) is 1.74. The summed E-state index contributed by atoms with van der Waals surface area (Å²) in [5, 5.41) is 7.61. The second kappa shape index (κ2) is 5.86. The quantitative estimate of drug-likeness (QED) is 0.852. The fraction of sp³-hybridized carbons (Fsp3) is 0.417. The monoisotopic (exact) mass is 272 g/mol. The predicted molar refractivity (Wildman–Crippen MR) is 66.5 cm³/mol. The van der Waals surface area contributed by atoms with Crippen LogP contribution in [0.1, 0.15) is 19.8 Å². The van der Waals surface area contributed by atoms with Gasteiger partial charge in [0.25, 0.3) is 0 Å². The van der Waals surface area contributed by atoms with Crippen LogP contribution in [0.5, 0.6) is 5.75 Å². The molecule has 1 unspecified atom stereocenters. The fourth-order valence-corrected chi connectivity index (χ4v) is 3.50. The molecule has 0 amide bonds. The van der Waals surface area contributed by atoms with E-state index in [2.05, 4.69) is 0 Å². The van der Waals surface area contributed by atoms with Gasteiger partial charge in [-0.2, -0.15) is 0 Å². The first-order chi connectivity index (χ1) is 8.45. The molecule has 6 heteroatoms. The Kier molecular flexibility index (Phi) is 4.72. The van der Waals surface area contributed by atoms with Crippen molar-refractivity contribution in [3.8, 4) is 5.75 Å². The Morgan fingerprint density at radius 3 is 2.50 bits per heavy atom. The van der Waals surface area contributed by atoms with Crippen molar-refractivity contribution >= 4 is 15.8 Å². The van der Waals surface area contributed by atoms with E-state index in [-0.39, 0.29) is 17.1 Å². The van der Waals surface area contributed by atoms with Crippen molar-refractivity contribution < 1.29 is 23.1 Å². The van der Waals surface area contributed by atoms with Gasteiger partial charge in [0.05, 0.1) is 7.11 Å². The fourth-order valence-electron chi connectivity index (χ4n) is 1.68. The molecule has 0 bridgehead atoms. The van der Waals surface area contributed by atoms with E-state index in [0.717, 1.165) is 0 Å². The van der Waals surface area contributed by atoms with Crippen molar-refractivity contribution in [3.05, 3.63) is 24.3 Å². The average Bonchev–Trinajstić information content (AvgIpc) is 2.35. The molecule has 18 heavy (non-hydrogen) atoms. The SMILES string of the molecule is CCCC(C(=O)O)S(=O)(=O)c1ccccc1OC. The Morgan fingerprint density at radius 2 is 2.00 bits per heavy atom. The van der Waals surface area contributed by atoms with Gasteiger partial charge in [0, 0.05) is 0 Å². The zero-order valence-corrected chi connectivity index (χ0v) is 11.1. The molecule has 1 rings (SSSR count). The molecule has 0 aliphatic carbocycles. The third-order valence-electron chi connectivity index (χ3n) is 2.58. The molecule has 1 N–H and O–H groups in total. The lowest BCUT2D eigenvalue weighted by Crippen LogP contribution is -2.30. The summed E-state index contributed by atoms with van der Waals surface area (Å²) in [5.41, 5.74) is 0. The second-order valence-electron chi connectivity index (χ2n) is 3.81. The van der Waals surface area contributed by atoms with E-state index in [0.29, 0.717) is 6.42 Å². The smallest absolute Gasteiger partial charge is 0.322 e. The van der Waals surface area contributed by atoms with Gasteiger partial charge < -0.3 is 9.84 Å². The molecule has 0 radical (unpaired) electrons. The Labute approximate surface area is 106 Å². The molecule has 1 aromatic carbocycles. The van der Waals surface area contributed by atoms with E-state index < -0.39 is 21.1 Å². The summed E-state index contributed by atoms with van der Waals surface area (Å²) < 4.78 is 29.5. The maximum absolute atomic E-state index is 12.3. The summed E-state index contributed by atoms with van der Waals surface area (Å²) in [4.78, 5) is 11.0. The van der Waals surface area contributed by atoms with Gasteiger partial charge in [-0.1, -0.05) is 25.5 Å². The van der Waals surface area contributed by atoms with Crippen molar-refractivity contribution in [3.63, 3.8) is 0 Å². The van der Waals surface area contributed by atoms with Crippen molar-refractivity contribution in [1.29, 1.82) is 0 Å². The van der Waals surface area contributed by atoms with Crippen molar-refractivity contribution in [1.82, 2.24) is 0 Å². The van der Waals surface area contributed by atoms with E-state index in [9.17, 15) is 13.2 Å². The maximum atomic E-state index is 12.3. The molecule has 0 fully saturated rings. The molecule has 100 valence electrons. The van der Waals surface area contributed by atoms with Gasteiger partial charge in [-0.3, -0.25) is 4.79 Å². The molecule has 0 aromatic heterocycles. The highest BCUT2D eigenvalue weighted by atomic mass is 32.2. The second-order valence-corrected chi connectivity index (χ2v) is 5.91. The lowest BCUT2D eigenvalue weighted by molar-refractivity contribution is -0.136. The molecular weight excluding hydrogens is 256 g/mol. The maximum Gasteiger partial charge on any atom is 0.322 e. The van der Waals surface area contributed by atoms with E-state index in [4.69, 9.17) is 9.84 Å². The molecule has 1 atom stereocenters.